The first-order valence-electron chi connectivity index (χ1n) is 4.88. The number of hydrogen-bond donors (Lipinski definition) is 1. The van der Waals surface area contributed by atoms with Gasteiger partial charge in [0, 0.05) is 38.8 Å². The number of esters is 1. The van der Waals surface area contributed by atoms with Gasteiger partial charge in [0.2, 0.25) is 0 Å². The van der Waals surface area contributed by atoms with Crippen LogP contribution in [0.2, 0.25) is 0 Å². The molecule has 0 atom stereocenters. The van der Waals surface area contributed by atoms with Crippen LogP contribution in [0.4, 0.5) is 0 Å². The molecule has 0 bridgehead atoms. The largest absolute Gasteiger partial charge is 0.458 e. The van der Waals surface area contributed by atoms with Crippen molar-refractivity contribution in [2.75, 3.05) is 6.61 Å². The van der Waals surface area contributed by atoms with Gasteiger partial charge in [-0.05, 0) is 18.2 Å². The molecule has 80 valence electrons. The first kappa shape index (κ1) is 9.66. The molecule has 2 aromatic rings. The third-order valence-corrected chi connectivity index (χ3v) is 3.15. The van der Waals surface area contributed by atoms with Crippen molar-refractivity contribution in [3.8, 4) is 0 Å². The lowest BCUT2D eigenvalue weighted by atomic mass is 10.1. The average molecular weight is 278 g/mol. The topological polar surface area (TPSA) is 42.1 Å². The molecule has 16 heavy (non-hydrogen) atoms. The summed E-state index contributed by atoms with van der Waals surface area (Å²) in [5.41, 5.74) is 3.01. The van der Waals surface area contributed by atoms with E-state index < -0.39 is 0 Å². The fourth-order valence-electron chi connectivity index (χ4n) is 1.89. The highest BCUT2D eigenvalue weighted by molar-refractivity contribution is 9.10. The molecular weight excluding hydrogens is 270 g/mol. The molecule has 0 saturated carbocycles. The number of nitrogens with one attached hydrogen (secondary N) is 1. The molecule has 1 aromatic heterocycles. The fourth-order valence-corrected chi connectivity index (χ4v) is 2.25. The van der Waals surface area contributed by atoms with Crippen LogP contribution in [0.1, 0.15) is 5.56 Å². The van der Waals surface area contributed by atoms with E-state index >= 15 is 0 Å². The Kier molecular flexibility index (Phi) is 2.11. The van der Waals surface area contributed by atoms with E-state index in [0.29, 0.717) is 6.61 Å². The number of hydrogen-bond acceptors (Lipinski definition) is 2. The molecule has 0 amide bonds. The van der Waals surface area contributed by atoms with Crippen molar-refractivity contribution >= 4 is 38.4 Å². The van der Waals surface area contributed by atoms with Gasteiger partial charge in [-0.25, -0.2) is 4.79 Å². The molecule has 0 unspecified atom stereocenters. The lowest BCUT2D eigenvalue weighted by molar-refractivity contribution is -0.134. The quantitative estimate of drug-likeness (QED) is 0.815. The second-order valence-corrected chi connectivity index (χ2v) is 4.59. The van der Waals surface area contributed by atoms with Crippen LogP contribution in [0.3, 0.4) is 0 Å². The van der Waals surface area contributed by atoms with Gasteiger partial charge in [0.1, 0.15) is 6.61 Å². The van der Waals surface area contributed by atoms with Gasteiger partial charge in [0.05, 0.1) is 0 Å². The zero-order valence-corrected chi connectivity index (χ0v) is 9.87. The highest BCUT2D eigenvalue weighted by atomic mass is 79.9. The molecule has 1 aromatic carbocycles. The van der Waals surface area contributed by atoms with Crippen LogP contribution in [-0.4, -0.2) is 17.6 Å². The van der Waals surface area contributed by atoms with E-state index in [4.69, 9.17) is 4.74 Å². The van der Waals surface area contributed by atoms with Gasteiger partial charge >= 0.3 is 5.97 Å². The molecule has 2 heterocycles. The molecular formula is C12H8BrNO2. The van der Waals surface area contributed by atoms with Crippen molar-refractivity contribution in [3.05, 3.63) is 40.5 Å². The zero-order valence-electron chi connectivity index (χ0n) is 8.29. The summed E-state index contributed by atoms with van der Waals surface area (Å²) in [6.45, 7) is 0.359. The lowest BCUT2D eigenvalue weighted by Gasteiger charge is -1.98. The third kappa shape index (κ3) is 1.46. The van der Waals surface area contributed by atoms with Crippen LogP contribution in [-0.2, 0) is 9.53 Å². The minimum absolute atomic E-state index is 0.264. The highest BCUT2D eigenvalue weighted by Crippen LogP contribution is 2.29. The number of H-pyrrole nitrogens is 1. The van der Waals surface area contributed by atoms with Crippen LogP contribution in [0.15, 0.2) is 34.9 Å². The minimum Gasteiger partial charge on any atom is -0.458 e. The maximum atomic E-state index is 11.0. The van der Waals surface area contributed by atoms with Crippen molar-refractivity contribution in [1.29, 1.82) is 0 Å². The van der Waals surface area contributed by atoms with Crippen molar-refractivity contribution in [3.63, 3.8) is 0 Å². The summed E-state index contributed by atoms with van der Waals surface area (Å²) in [5, 5.41) is 1.10. The number of aromatic amines is 1. The van der Waals surface area contributed by atoms with Crippen molar-refractivity contribution in [1.82, 2.24) is 4.98 Å². The van der Waals surface area contributed by atoms with Gasteiger partial charge in [-0.1, -0.05) is 15.9 Å². The van der Waals surface area contributed by atoms with E-state index in [-0.39, 0.29) is 5.97 Å². The van der Waals surface area contributed by atoms with E-state index in [0.717, 1.165) is 26.5 Å². The predicted molar refractivity (Wildman–Crippen MR) is 64.9 cm³/mol. The molecule has 1 N–H and O–H groups in total. The lowest BCUT2D eigenvalue weighted by Crippen LogP contribution is -1.91. The Labute approximate surface area is 100 Å². The number of ether oxygens (including phenoxy) is 1. The SMILES string of the molecule is O=C1C=C(c2c[nH]c3ccc(Br)cc23)CO1. The fraction of sp³-hybridized carbons (Fsp3) is 0.0833. The van der Waals surface area contributed by atoms with E-state index in [1.807, 2.05) is 24.4 Å². The molecule has 3 rings (SSSR count). The highest BCUT2D eigenvalue weighted by Gasteiger charge is 2.17. The molecule has 1 aliphatic heterocycles. The van der Waals surface area contributed by atoms with Gasteiger partial charge in [-0.15, -0.1) is 0 Å². The third-order valence-electron chi connectivity index (χ3n) is 2.65. The Morgan fingerprint density at radius 3 is 3.00 bits per heavy atom. The predicted octanol–water partition coefficient (Wildman–Crippen LogP) is 2.87. The standard InChI is InChI=1S/C12H8BrNO2/c13-8-1-2-11-9(4-8)10(5-14-11)7-3-12(15)16-6-7/h1-5,14H,6H2. The van der Waals surface area contributed by atoms with Gasteiger partial charge in [-0.3, -0.25) is 0 Å². The number of rotatable bonds is 1. The van der Waals surface area contributed by atoms with E-state index in [9.17, 15) is 4.79 Å². The van der Waals surface area contributed by atoms with Crippen LogP contribution in [0.5, 0.6) is 0 Å². The van der Waals surface area contributed by atoms with Crippen LogP contribution in [0.25, 0.3) is 16.5 Å². The first-order valence-corrected chi connectivity index (χ1v) is 5.68. The van der Waals surface area contributed by atoms with E-state index in [1.54, 1.807) is 6.08 Å². The summed E-state index contributed by atoms with van der Waals surface area (Å²) < 4.78 is 5.93. The summed E-state index contributed by atoms with van der Waals surface area (Å²) in [5.74, 6) is -0.264. The second kappa shape index (κ2) is 3.49. The number of fused-ring (bicyclic) bond motifs is 1. The Hall–Kier alpha value is -1.55. The van der Waals surface area contributed by atoms with Crippen LogP contribution in [0, 0.1) is 0 Å². The molecule has 3 nitrogen and oxygen atoms in total. The summed E-state index contributed by atoms with van der Waals surface area (Å²) in [6.07, 6.45) is 3.45. The molecule has 4 heteroatoms. The minimum atomic E-state index is -0.264. The number of cyclic esters (lactones) is 1. The number of aromatic nitrogens is 1. The molecule has 0 saturated heterocycles. The maximum Gasteiger partial charge on any atom is 0.331 e. The number of carbonyl (C=O) groups excluding carboxylic acids is 1. The van der Waals surface area contributed by atoms with Gasteiger partial charge in [-0.2, -0.15) is 0 Å². The number of carbonyl (C=O) groups is 1. The van der Waals surface area contributed by atoms with Crippen LogP contribution >= 0.6 is 15.9 Å². The Balaban J connectivity index is 2.21. The molecule has 0 radical (unpaired) electrons. The number of benzene rings is 1. The van der Waals surface area contributed by atoms with Crippen LogP contribution < -0.4 is 0 Å². The van der Waals surface area contributed by atoms with Crippen molar-refractivity contribution in [2.24, 2.45) is 0 Å². The Morgan fingerprint density at radius 1 is 1.38 bits per heavy atom. The Morgan fingerprint density at radius 2 is 2.25 bits per heavy atom. The van der Waals surface area contributed by atoms with Crippen molar-refractivity contribution in [2.45, 2.75) is 0 Å². The first-order chi connectivity index (χ1) is 7.74. The van der Waals surface area contributed by atoms with Gasteiger partial charge in [0.15, 0.2) is 0 Å². The Bertz CT molecular complexity index is 613. The smallest absolute Gasteiger partial charge is 0.331 e. The molecule has 1 aliphatic rings. The average Bonchev–Trinajstić information content (AvgIpc) is 2.83. The summed E-state index contributed by atoms with van der Waals surface area (Å²) in [4.78, 5) is 14.2. The van der Waals surface area contributed by atoms with Gasteiger partial charge in [0.25, 0.3) is 0 Å². The summed E-state index contributed by atoms with van der Waals surface area (Å²) in [6, 6.07) is 6.01. The summed E-state index contributed by atoms with van der Waals surface area (Å²) in [7, 11) is 0. The monoisotopic (exact) mass is 277 g/mol. The second-order valence-electron chi connectivity index (χ2n) is 3.67. The molecule has 0 aliphatic carbocycles. The zero-order chi connectivity index (χ0) is 11.1. The normalized spacial score (nSPS) is 15.3. The molecule has 0 fully saturated rings. The number of halogens is 1. The molecule has 0 spiro atoms. The van der Waals surface area contributed by atoms with Gasteiger partial charge < -0.3 is 9.72 Å². The summed E-state index contributed by atoms with van der Waals surface area (Å²) >= 11 is 3.44. The van der Waals surface area contributed by atoms with Crippen molar-refractivity contribution < 1.29 is 9.53 Å². The van der Waals surface area contributed by atoms with E-state index in [2.05, 4.69) is 20.9 Å². The van der Waals surface area contributed by atoms with E-state index in [1.165, 1.54) is 0 Å². The maximum absolute atomic E-state index is 11.0.